The summed E-state index contributed by atoms with van der Waals surface area (Å²) in [6.07, 6.45) is 4.54. The Morgan fingerprint density at radius 1 is 1.06 bits per heavy atom. The van der Waals surface area contributed by atoms with E-state index < -0.39 is 12.1 Å². The molecule has 11 heteroatoms. The van der Waals surface area contributed by atoms with Crippen LogP contribution in [0.5, 0.6) is 0 Å². The lowest BCUT2D eigenvalue weighted by Gasteiger charge is -2.30. The molecule has 3 N–H and O–H groups in total. The summed E-state index contributed by atoms with van der Waals surface area (Å²) in [5.74, 6) is 0.440. The normalized spacial score (nSPS) is 20.9. The van der Waals surface area contributed by atoms with Crippen molar-refractivity contribution in [3.8, 4) is 0 Å². The number of carbonyl (C=O) groups is 1. The van der Waals surface area contributed by atoms with E-state index in [0.29, 0.717) is 18.9 Å². The van der Waals surface area contributed by atoms with Crippen LogP contribution < -0.4 is 25.9 Å². The van der Waals surface area contributed by atoms with E-state index in [4.69, 9.17) is 9.47 Å². The second-order valence-electron chi connectivity index (χ2n) is 7.68. The quantitative estimate of drug-likeness (QED) is 0.606. The maximum atomic E-state index is 12.8. The van der Waals surface area contributed by atoms with Crippen LogP contribution >= 0.6 is 0 Å². The van der Waals surface area contributed by atoms with Crippen LogP contribution in [-0.4, -0.2) is 74.3 Å². The van der Waals surface area contributed by atoms with Gasteiger partial charge < -0.3 is 29.9 Å². The summed E-state index contributed by atoms with van der Waals surface area (Å²) in [7, 11) is 0. The molecule has 0 aromatic carbocycles. The van der Waals surface area contributed by atoms with Gasteiger partial charge >= 0.3 is 5.91 Å². The number of hydrazone groups is 1. The molecule has 1 unspecified atom stereocenters. The van der Waals surface area contributed by atoms with Gasteiger partial charge in [0, 0.05) is 57.2 Å². The molecule has 2 fully saturated rings. The molecule has 0 saturated carbocycles. The average Bonchev–Trinajstić information content (AvgIpc) is 3.36. The van der Waals surface area contributed by atoms with E-state index in [9.17, 15) is 4.79 Å². The fraction of sp³-hybridized carbons (Fsp3) is 0.429. The number of hydrogen-bond acceptors (Lipinski definition) is 10. The lowest BCUT2D eigenvalue weighted by Crippen LogP contribution is -2.44. The topological polar surface area (TPSA) is 116 Å². The largest absolute Gasteiger partial charge is 0.443 e. The molecule has 32 heavy (non-hydrogen) atoms. The molecule has 2 aromatic rings. The van der Waals surface area contributed by atoms with Crippen molar-refractivity contribution in [3.63, 3.8) is 0 Å². The van der Waals surface area contributed by atoms with Crippen molar-refractivity contribution in [1.29, 1.82) is 0 Å². The second kappa shape index (κ2) is 9.37. The SMILES string of the molecule is O=C(Nc1cnccc1N1CCNCC1)C1=NNC(c2ccc(N3CCOCC3)nc2)O1. The summed E-state index contributed by atoms with van der Waals surface area (Å²) in [6, 6.07) is 5.77. The number of morpholine rings is 1. The predicted octanol–water partition coefficient (Wildman–Crippen LogP) is 0.293. The third kappa shape index (κ3) is 4.43. The number of ether oxygens (including phenoxy) is 2. The molecule has 5 heterocycles. The van der Waals surface area contributed by atoms with Gasteiger partial charge in [0.05, 0.1) is 30.8 Å². The number of carbonyl (C=O) groups excluding carboxylic acids is 1. The minimum absolute atomic E-state index is 0.0256. The van der Waals surface area contributed by atoms with E-state index in [2.05, 4.69) is 40.9 Å². The number of nitrogens with one attached hydrogen (secondary N) is 3. The zero-order valence-electron chi connectivity index (χ0n) is 17.7. The van der Waals surface area contributed by atoms with Crippen molar-refractivity contribution in [2.45, 2.75) is 6.23 Å². The molecule has 5 rings (SSSR count). The van der Waals surface area contributed by atoms with E-state index in [1.54, 1.807) is 18.6 Å². The maximum Gasteiger partial charge on any atom is 0.312 e. The standard InChI is InChI=1S/C21H26N8O3/c30-19(25-16-14-23-4-3-17(16)28-7-5-22-6-8-28)21-27-26-20(32-21)15-1-2-18(24-13-15)29-9-11-31-12-10-29/h1-4,13-14,20,22,26H,5-12H2,(H,25,30). The first-order valence-corrected chi connectivity index (χ1v) is 10.8. The maximum absolute atomic E-state index is 12.8. The lowest BCUT2D eigenvalue weighted by molar-refractivity contribution is -0.111. The van der Waals surface area contributed by atoms with Crippen molar-refractivity contribution in [1.82, 2.24) is 20.7 Å². The smallest absolute Gasteiger partial charge is 0.312 e. The Morgan fingerprint density at radius 3 is 2.69 bits per heavy atom. The Bertz CT molecular complexity index is 971. The number of aromatic nitrogens is 2. The van der Waals surface area contributed by atoms with Gasteiger partial charge in [-0.25, -0.2) is 4.98 Å². The molecule has 3 aliphatic rings. The highest BCUT2D eigenvalue weighted by atomic mass is 16.5. The van der Waals surface area contributed by atoms with E-state index in [1.807, 2.05) is 18.2 Å². The van der Waals surface area contributed by atoms with E-state index in [1.165, 1.54) is 0 Å². The molecule has 11 nitrogen and oxygen atoms in total. The van der Waals surface area contributed by atoms with Crippen LogP contribution in [0.15, 0.2) is 41.9 Å². The van der Waals surface area contributed by atoms with Crippen molar-refractivity contribution in [2.24, 2.45) is 5.10 Å². The third-order valence-electron chi connectivity index (χ3n) is 5.62. The molecule has 0 spiro atoms. The molecule has 2 saturated heterocycles. The Kier molecular flexibility index (Phi) is 5.99. The summed E-state index contributed by atoms with van der Waals surface area (Å²) >= 11 is 0. The first-order chi connectivity index (χ1) is 15.8. The monoisotopic (exact) mass is 438 g/mol. The number of rotatable bonds is 5. The predicted molar refractivity (Wildman–Crippen MR) is 120 cm³/mol. The van der Waals surface area contributed by atoms with E-state index >= 15 is 0 Å². The highest BCUT2D eigenvalue weighted by Crippen LogP contribution is 2.26. The summed E-state index contributed by atoms with van der Waals surface area (Å²) in [5.41, 5.74) is 5.21. The van der Waals surface area contributed by atoms with Gasteiger partial charge in [-0.05, 0) is 18.2 Å². The lowest BCUT2D eigenvalue weighted by atomic mass is 10.2. The minimum atomic E-state index is -0.566. The van der Waals surface area contributed by atoms with Crippen molar-refractivity contribution in [3.05, 3.63) is 42.4 Å². The summed E-state index contributed by atoms with van der Waals surface area (Å²) in [5, 5.41) is 10.3. The Balaban J connectivity index is 1.21. The van der Waals surface area contributed by atoms with Gasteiger partial charge in [0.2, 0.25) is 6.23 Å². The minimum Gasteiger partial charge on any atom is -0.443 e. The van der Waals surface area contributed by atoms with Crippen molar-refractivity contribution >= 4 is 29.0 Å². The number of amides is 1. The number of anilines is 3. The zero-order valence-corrected chi connectivity index (χ0v) is 17.7. The molecule has 0 bridgehead atoms. The zero-order chi connectivity index (χ0) is 21.8. The number of pyridine rings is 2. The van der Waals surface area contributed by atoms with Gasteiger partial charge in [-0.2, -0.15) is 0 Å². The number of piperazine rings is 1. The second-order valence-corrected chi connectivity index (χ2v) is 7.68. The highest BCUT2D eigenvalue weighted by Gasteiger charge is 2.28. The molecule has 168 valence electrons. The van der Waals surface area contributed by atoms with Crippen molar-refractivity contribution < 1.29 is 14.3 Å². The highest BCUT2D eigenvalue weighted by molar-refractivity contribution is 6.40. The molecule has 0 aliphatic carbocycles. The van der Waals surface area contributed by atoms with Crippen LogP contribution in [-0.2, 0) is 14.3 Å². The van der Waals surface area contributed by atoms with Gasteiger partial charge in [-0.3, -0.25) is 15.2 Å². The Morgan fingerprint density at radius 2 is 1.91 bits per heavy atom. The van der Waals surface area contributed by atoms with Crippen LogP contribution in [0.4, 0.5) is 17.2 Å². The fourth-order valence-electron chi connectivity index (χ4n) is 3.90. The van der Waals surface area contributed by atoms with Crippen LogP contribution in [0.3, 0.4) is 0 Å². The molecule has 2 aromatic heterocycles. The summed E-state index contributed by atoms with van der Waals surface area (Å²) < 4.78 is 11.1. The number of hydrogen-bond donors (Lipinski definition) is 3. The van der Waals surface area contributed by atoms with E-state index in [-0.39, 0.29) is 5.90 Å². The van der Waals surface area contributed by atoms with Gasteiger partial charge in [-0.15, -0.1) is 5.10 Å². The van der Waals surface area contributed by atoms with Crippen LogP contribution in [0.2, 0.25) is 0 Å². The van der Waals surface area contributed by atoms with Crippen LogP contribution in [0.1, 0.15) is 11.8 Å². The van der Waals surface area contributed by atoms with E-state index in [0.717, 1.165) is 56.3 Å². The summed E-state index contributed by atoms with van der Waals surface area (Å²) in [4.78, 5) is 25.9. The van der Waals surface area contributed by atoms with Gasteiger partial charge in [0.1, 0.15) is 5.82 Å². The van der Waals surface area contributed by atoms with Gasteiger partial charge in [0.15, 0.2) is 0 Å². The molecule has 3 aliphatic heterocycles. The fourth-order valence-corrected chi connectivity index (χ4v) is 3.90. The molecular formula is C21H26N8O3. The first-order valence-electron chi connectivity index (χ1n) is 10.8. The number of nitrogens with zero attached hydrogens (tertiary/aromatic N) is 5. The Labute approximate surface area is 185 Å². The van der Waals surface area contributed by atoms with Crippen LogP contribution in [0, 0.1) is 0 Å². The molecule has 1 atom stereocenters. The third-order valence-corrected chi connectivity index (χ3v) is 5.62. The molecular weight excluding hydrogens is 412 g/mol. The Hall–Kier alpha value is -3.44. The van der Waals surface area contributed by atoms with Gasteiger partial charge in [0.25, 0.3) is 5.90 Å². The van der Waals surface area contributed by atoms with Gasteiger partial charge in [-0.1, -0.05) is 0 Å². The first kappa shape index (κ1) is 20.5. The molecule has 1 amide bonds. The van der Waals surface area contributed by atoms with Crippen LogP contribution in [0.25, 0.3) is 0 Å². The summed E-state index contributed by atoms with van der Waals surface area (Å²) in [6.45, 7) is 6.57. The average molecular weight is 438 g/mol. The molecule has 0 radical (unpaired) electrons. The van der Waals surface area contributed by atoms with Crippen molar-refractivity contribution in [2.75, 3.05) is 67.6 Å².